The summed E-state index contributed by atoms with van der Waals surface area (Å²) in [5.74, 6) is 1.94. The van der Waals surface area contributed by atoms with E-state index in [1.807, 2.05) is 24.4 Å². The molecule has 0 atom stereocenters. The summed E-state index contributed by atoms with van der Waals surface area (Å²) in [7, 11) is 1.64. The maximum atomic E-state index is 6.00. The number of halogens is 1. The van der Waals surface area contributed by atoms with Gasteiger partial charge in [-0.05, 0) is 12.1 Å². The van der Waals surface area contributed by atoms with E-state index < -0.39 is 0 Å². The minimum atomic E-state index is 0.356. The van der Waals surface area contributed by atoms with Crippen LogP contribution in [0.1, 0.15) is 5.82 Å². The van der Waals surface area contributed by atoms with Crippen LogP contribution < -0.4 is 4.74 Å². The first-order valence-electron chi connectivity index (χ1n) is 6.25. The number of methoxy groups -OCH3 is 1. The van der Waals surface area contributed by atoms with Crippen molar-refractivity contribution in [3.8, 4) is 5.75 Å². The Balaban J connectivity index is 1.99. The molecule has 6 nitrogen and oxygen atoms in total. The number of rotatable bonds is 5. The molecule has 104 valence electrons. The fourth-order valence-electron chi connectivity index (χ4n) is 2.24. The molecule has 0 aliphatic rings. The largest absolute Gasteiger partial charge is 0.494 e. The number of benzene rings is 1. The highest BCUT2D eigenvalue weighted by Gasteiger charge is 2.13. The van der Waals surface area contributed by atoms with E-state index in [1.54, 1.807) is 18.0 Å². The Bertz CT molecular complexity index is 707. The van der Waals surface area contributed by atoms with Crippen LogP contribution in [0.25, 0.3) is 11.0 Å². The Morgan fingerprint density at radius 2 is 2.20 bits per heavy atom. The number of alkyl halides is 1. The lowest BCUT2D eigenvalue weighted by atomic mass is 10.3. The molecule has 2 heterocycles. The normalized spacial score (nSPS) is 11.1. The van der Waals surface area contributed by atoms with Gasteiger partial charge in [0.05, 0.1) is 31.2 Å². The van der Waals surface area contributed by atoms with Gasteiger partial charge in [0.25, 0.3) is 0 Å². The first-order chi connectivity index (χ1) is 9.83. The molecule has 0 unspecified atom stereocenters. The SMILES string of the molecule is COc1cccc2c1nc(CCl)n2CCn1ccnn1. The van der Waals surface area contributed by atoms with Gasteiger partial charge in [-0.2, -0.15) is 0 Å². The topological polar surface area (TPSA) is 57.8 Å². The average molecular weight is 292 g/mol. The molecule has 0 aliphatic carbocycles. The molecule has 0 bridgehead atoms. The van der Waals surface area contributed by atoms with Crippen LogP contribution in [0.5, 0.6) is 5.75 Å². The summed E-state index contributed by atoms with van der Waals surface area (Å²) in [5.41, 5.74) is 1.85. The van der Waals surface area contributed by atoms with Crippen molar-refractivity contribution in [2.75, 3.05) is 7.11 Å². The number of fused-ring (bicyclic) bond motifs is 1. The molecule has 0 aliphatic heterocycles. The molecule has 2 aromatic heterocycles. The van der Waals surface area contributed by atoms with Gasteiger partial charge < -0.3 is 9.30 Å². The number of imidazole rings is 1. The number of nitrogens with zero attached hydrogens (tertiary/aromatic N) is 5. The molecule has 0 saturated heterocycles. The fraction of sp³-hybridized carbons (Fsp3) is 0.308. The second-order valence-corrected chi connectivity index (χ2v) is 4.57. The van der Waals surface area contributed by atoms with Crippen LogP contribution in [0.15, 0.2) is 30.6 Å². The van der Waals surface area contributed by atoms with Gasteiger partial charge in [-0.15, -0.1) is 16.7 Å². The highest BCUT2D eigenvalue weighted by molar-refractivity contribution is 6.16. The van der Waals surface area contributed by atoms with Gasteiger partial charge >= 0.3 is 0 Å². The predicted octanol–water partition coefficient (Wildman–Crippen LogP) is 2.08. The van der Waals surface area contributed by atoms with Crippen LogP contribution in [-0.2, 0) is 19.0 Å². The van der Waals surface area contributed by atoms with Crippen LogP contribution in [0, 0.1) is 0 Å². The number of aromatic nitrogens is 5. The zero-order valence-electron chi connectivity index (χ0n) is 11.0. The zero-order chi connectivity index (χ0) is 13.9. The van der Waals surface area contributed by atoms with Gasteiger partial charge in [0.2, 0.25) is 0 Å². The molecular weight excluding hydrogens is 278 g/mol. The molecular formula is C13H14ClN5O. The van der Waals surface area contributed by atoms with Crippen LogP contribution in [-0.4, -0.2) is 31.7 Å². The molecule has 0 radical (unpaired) electrons. The first kappa shape index (κ1) is 12.9. The van der Waals surface area contributed by atoms with Crippen molar-refractivity contribution < 1.29 is 4.74 Å². The van der Waals surface area contributed by atoms with E-state index in [0.29, 0.717) is 12.4 Å². The number of ether oxygens (including phenoxy) is 1. The van der Waals surface area contributed by atoms with Crippen molar-refractivity contribution in [3.05, 3.63) is 36.4 Å². The maximum Gasteiger partial charge on any atom is 0.146 e. The average Bonchev–Trinajstić information content (AvgIpc) is 3.11. The van der Waals surface area contributed by atoms with E-state index in [0.717, 1.165) is 29.2 Å². The minimum absolute atomic E-state index is 0.356. The second-order valence-electron chi connectivity index (χ2n) is 4.31. The van der Waals surface area contributed by atoms with Gasteiger partial charge in [0.15, 0.2) is 0 Å². The molecule has 7 heteroatoms. The third-order valence-corrected chi connectivity index (χ3v) is 3.42. The Morgan fingerprint density at radius 3 is 2.90 bits per heavy atom. The predicted molar refractivity (Wildman–Crippen MR) is 75.9 cm³/mol. The standard InChI is InChI=1S/C13H14ClN5O/c1-20-11-4-2-3-10-13(11)16-12(9-14)19(10)8-7-18-6-5-15-17-18/h2-6H,7-9H2,1H3. The fourth-order valence-corrected chi connectivity index (χ4v) is 2.44. The molecule has 0 amide bonds. The summed E-state index contributed by atoms with van der Waals surface area (Å²) >= 11 is 6.00. The Morgan fingerprint density at radius 1 is 1.30 bits per heavy atom. The summed E-state index contributed by atoms with van der Waals surface area (Å²) in [5, 5.41) is 7.76. The van der Waals surface area contributed by atoms with Gasteiger partial charge in [-0.1, -0.05) is 11.3 Å². The highest BCUT2D eigenvalue weighted by Crippen LogP contribution is 2.26. The summed E-state index contributed by atoms with van der Waals surface area (Å²) in [6.07, 6.45) is 3.50. The molecule has 0 spiro atoms. The van der Waals surface area contributed by atoms with Crippen molar-refractivity contribution in [2.45, 2.75) is 19.0 Å². The lowest BCUT2D eigenvalue weighted by Crippen LogP contribution is -2.10. The number of hydrogen-bond donors (Lipinski definition) is 0. The lowest BCUT2D eigenvalue weighted by molar-refractivity contribution is 0.419. The molecule has 20 heavy (non-hydrogen) atoms. The highest BCUT2D eigenvalue weighted by atomic mass is 35.5. The second kappa shape index (κ2) is 5.50. The van der Waals surface area contributed by atoms with Gasteiger partial charge in [0.1, 0.15) is 17.1 Å². The third kappa shape index (κ3) is 2.22. The molecule has 0 N–H and O–H groups in total. The maximum absolute atomic E-state index is 6.00. The van der Waals surface area contributed by atoms with Gasteiger partial charge in [0, 0.05) is 12.7 Å². The van der Waals surface area contributed by atoms with E-state index in [-0.39, 0.29) is 0 Å². The lowest BCUT2D eigenvalue weighted by Gasteiger charge is -2.07. The molecule has 0 saturated carbocycles. The Kier molecular flexibility index (Phi) is 3.56. The van der Waals surface area contributed by atoms with Gasteiger partial charge in [-0.25, -0.2) is 4.98 Å². The number of para-hydroxylation sites is 1. The molecule has 1 aromatic carbocycles. The van der Waals surface area contributed by atoms with Crippen molar-refractivity contribution in [1.82, 2.24) is 24.5 Å². The molecule has 3 rings (SSSR count). The molecule has 3 aromatic rings. The summed E-state index contributed by atoms with van der Waals surface area (Å²) in [6, 6.07) is 5.87. The van der Waals surface area contributed by atoms with E-state index >= 15 is 0 Å². The van der Waals surface area contributed by atoms with Crippen LogP contribution in [0.3, 0.4) is 0 Å². The van der Waals surface area contributed by atoms with E-state index in [1.165, 1.54) is 0 Å². The third-order valence-electron chi connectivity index (χ3n) is 3.19. The van der Waals surface area contributed by atoms with E-state index in [9.17, 15) is 0 Å². The number of aryl methyl sites for hydroxylation is 2. The van der Waals surface area contributed by atoms with Crippen LogP contribution in [0.4, 0.5) is 0 Å². The van der Waals surface area contributed by atoms with E-state index in [2.05, 4.69) is 19.9 Å². The van der Waals surface area contributed by atoms with E-state index in [4.69, 9.17) is 16.3 Å². The van der Waals surface area contributed by atoms with Crippen molar-refractivity contribution in [2.24, 2.45) is 0 Å². The smallest absolute Gasteiger partial charge is 0.146 e. The first-order valence-corrected chi connectivity index (χ1v) is 6.79. The summed E-state index contributed by atoms with van der Waals surface area (Å²) in [6.45, 7) is 1.45. The molecule has 0 fully saturated rings. The zero-order valence-corrected chi connectivity index (χ0v) is 11.8. The van der Waals surface area contributed by atoms with Crippen molar-refractivity contribution >= 4 is 22.6 Å². The van der Waals surface area contributed by atoms with Crippen molar-refractivity contribution in [1.29, 1.82) is 0 Å². The van der Waals surface area contributed by atoms with Crippen LogP contribution in [0.2, 0.25) is 0 Å². The van der Waals surface area contributed by atoms with Gasteiger partial charge in [-0.3, -0.25) is 4.68 Å². The summed E-state index contributed by atoms with van der Waals surface area (Å²) < 4.78 is 9.22. The summed E-state index contributed by atoms with van der Waals surface area (Å²) in [4.78, 5) is 4.56. The quantitative estimate of drug-likeness (QED) is 0.675. The monoisotopic (exact) mass is 291 g/mol. The van der Waals surface area contributed by atoms with Crippen LogP contribution >= 0.6 is 11.6 Å². The van der Waals surface area contributed by atoms with Crippen molar-refractivity contribution in [3.63, 3.8) is 0 Å². The number of hydrogen-bond acceptors (Lipinski definition) is 4. The Labute approximate surface area is 120 Å². The Hall–Kier alpha value is -2.08. The minimum Gasteiger partial charge on any atom is -0.494 e.